The van der Waals surface area contributed by atoms with Gasteiger partial charge < -0.3 is 37.2 Å². The molecule has 0 N–H and O–H groups in total. The molecule has 4 rings (SSSR count). The minimum atomic E-state index is -0.351. The number of fused-ring (bicyclic) bond motifs is 2. The molecule has 152 valence electrons. The van der Waals surface area contributed by atoms with E-state index in [1.165, 1.54) is 0 Å². The number of hydrogen-bond donors (Lipinski definition) is 0. The number of nitrogens with zero attached hydrogens (tertiary/aromatic N) is 4. The molecule has 0 saturated heterocycles. The van der Waals surface area contributed by atoms with Crippen LogP contribution in [0.3, 0.4) is 0 Å². The van der Waals surface area contributed by atoms with E-state index in [-0.39, 0.29) is 60.9 Å². The maximum atomic E-state index is 4.88. The van der Waals surface area contributed by atoms with Crippen LogP contribution in [0.2, 0.25) is 0 Å². The van der Waals surface area contributed by atoms with E-state index in [0.717, 1.165) is 44.2 Å². The molecule has 0 aliphatic carbocycles. The van der Waals surface area contributed by atoms with E-state index in [1.54, 1.807) is 0 Å². The molecule has 0 aliphatic heterocycles. The van der Waals surface area contributed by atoms with Gasteiger partial charge in [0.1, 0.15) is 0 Å². The molecule has 2 aromatic carbocycles. The van der Waals surface area contributed by atoms with Gasteiger partial charge in [-0.1, -0.05) is 7.43 Å². The summed E-state index contributed by atoms with van der Waals surface area (Å²) >= 11 is -0.351. The Balaban J connectivity index is 0.00000196. The number of allylic oxidation sites excluding steroid dienone is 2. The van der Waals surface area contributed by atoms with E-state index >= 15 is 0 Å². The van der Waals surface area contributed by atoms with Crippen LogP contribution in [-0.2, 0) is 29.4 Å². The van der Waals surface area contributed by atoms with Gasteiger partial charge in [0, 0.05) is 0 Å². The van der Waals surface area contributed by atoms with Crippen molar-refractivity contribution in [3.05, 3.63) is 73.8 Å². The second-order valence-corrected chi connectivity index (χ2v) is 7.31. The van der Waals surface area contributed by atoms with Crippen LogP contribution in [0.5, 0.6) is 0 Å². The molecule has 0 fully saturated rings. The van der Waals surface area contributed by atoms with Crippen molar-refractivity contribution in [1.82, 2.24) is 19.1 Å². The Morgan fingerprint density at radius 1 is 0.724 bits per heavy atom. The number of halogens is 3. The van der Waals surface area contributed by atoms with Gasteiger partial charge >= 0.3 is 153 Å². The Hall–Kier alpha value is -1.69. The summed E-state index contributed by atoms with van der Waals surface area (Å²) in [6.07, 6.45) is 3.84. The van der Waals surface area contributed by atoms with E-state index in [0.29, 0.717) is 0 Å². The predicted octanol–water partition coefficient (Wildman–Crippen LogP) is -5.56. The summed E-state index contributed by atoms with van der Waals surface area (Å²) < 4.78 is 6.69. The molecule has 0 atom stereocenters. The molecule has 4 nitrogen and oxygen atoms in total. The molecule has 0 radical (unpaired) electrons. The molecule has 0 amide bonds. The van der Waals surface area contributed by atoms with Crippen molar-refractivity contribution in [1.29, 1.82) is 0 Å². The molecule has 0 saturated carbocycles. The van der Waals surface area contributed by atoms with Crippen LogP contribution in [0, 0.1) is 0 Å². The van der Waals surface area contributed by atoms with Gasteiger partial charge in [-0.3, -0.25) is 0 Å². The maximum absolute atomic E-state index is 4.88. The Morgan fingerprint density at radius 2 is 1.10 bits per heavy atom. The molecule has 0 bridgehead atoms. The first kappa shape index (κ1) is 27.3. The van der Waals surface area contributed by atoms with Crippen LogP contribution in [0.25, 0.3) is 22.1 Å². The van der Waals surface area contributed by atoms with Crippen molar-refractivity contribution < 1.29 is 53.5 Å². The second-order valence-electron chi connectivity index (χ2n) is 5.71. The van der Waals surface area contributed by atoms with Crippen molar-refractivity contribution in [3.63, 3.8) is 0 Å². The Bertz CT molecular complexity index is 1000. The largest absolute Gasteiger partial charge is 1.00 e. The average Bonchev–Trinajstić information content (AvgIpc) is 3.15. The molecule has 4 aromatic rings. The van der Waals surface area contributed by atoms with Gasteiger partial charge in [-0.05, 0) is 0 Å². The van der Waals surface area contributed by atoms with Gasteiger partial charge in [-0.25, -0.2) is 0 Å². The van der Waals surface area contributed by atoms with E-state index in [2.05, 4.69) is 58.7 Å². The summed E-state index contributed by atoms with van der Waals surface area (Å²) in [5.74, 6) is 0. The first-order valence-corrected chi connectivity index (χ1v) is 9.55. The van der Waals surface area contributed by atoms with E-state index in [9.17, 15) is 0 Å². The Kier molecular flexibility index (Phi) is 11.4. The molecule has 2 heterocycles. The van der Waals surface area contributed by atoms with Crippen LogP contribution < -0.4 is 46.3 Å². The summed E-state index contributed by atoms with van der Waals surface area (Å²) in [6, 6.07) is 16.5. The van der Waals surface area contributed by atoms with Gasteiger partial charge in [0.15, 0.2) is 0 Å². The van der Waals surface area contributed by atoms with Crippen LogP contribution >= 0.6 is 0 Å². The summed E-state index contributed by atoms with van der Waals surface area (Å²) in [7, 11) is 0. The third kappa shape index (κ3) is 5.27. The van der Waals surface area contributed by atoms with Crippen molar-refractivity contribution in [2.24, 2.45) is 0 Å². The molecule has 29 heavy (non-hydrogen) atoms. The fraction of sp³-hybridized carbons (Fsp3) is 0.143. The minimum absolute atomic E-state index is 0. The molecule has 0 unspecified atom stereocenters. The molecular formula is C21H22Cl3N4V. The van der Waals surface area contributed by atoms with Gasteiger partial charge in [-0.15, -0.1) is 0 Å². The number of aromatic nitrogens is 4. The third-order valence-electron chi connectivity index (χ3n) is 4.09. The van der Waals surface area contributed by atoms with E-state index < -0.39 is 0 Å². The minimum Gasteiger partial charge on any atom is -1.00 e. The summed E-state index contributed by atoms with van der Waals surface area (Å²) in [5.41, 5.74) is 4.36. The number of rotatable bonds is 6. The second kappa shape index (κ2) is 12.1. The SMILES string of the molecule is C.C=CCn1[c]([V+3][c]2nc3ccccc3n2CC=C)nc2ccccc21.[Cl-].[Cl-].[Cl-]. The topological polar surface area (TPSA) is 35.6 Å². The predicted molar refractivity (Wildman–Crippen MR) is 106 cm³/mol. The molecule has 0 aliphatic rings. The van der Waals surface area contributed by atoms with Crippen LogP contribution in [0.1, 0.15) is 7.43 Å². The third-order valence-corrected chi connectivity index (χ3v) is 5.78. The zero-order valence-electron chi connectivity index (χ0n) is 15.0. The first-order valence-electron chi connectivity index (χ1n) is 8.16. The van der Waals surface area contributed by atoms with Crippen molar-refractivity contribution in [2.75, 3.05) is 0 Å². The normalized spacial score (nSPS) is 9.38. The van der Waals surface area contributed by atoms with Gasteiger partial charge in [0.05, 0.1) is 0 Å². The number of benzene rings is 2. The summed E-state index contributed by atoms with van der Waals surface area (Å²) in [5, 5.41) is 0. The average molecular weight is 488 g/mol. The van der Waals surface area contributed by atoms with E-state index in [1.807, 2.05) is 24.3 Å². The molecule has 8 heteroatoms. The van der Waals surface area contributed by atoms with Crippen molar-refractivity contribution >= 4 is 31.1 Å². The number of imidazole rings is 2. The molecule has 2 aromatic heterocycles. The fourth-order valence-corrected chi connectivity index (χ4v) is 4.74. The van der Waals surface area contributed by atoms with Crippen molar-refractivity contribution in [3.8, 4) is 0 Å². The Labute approximate surface area is 197 Å². The fourth-order valence-electron chi connectivity index (χ4n) is 3.00. The maximum Gasteiger partial charge on any atom is -1.00 e. The van der Waals surface area contributed by atoms with Gasteiger partial charge in [-0.2, -0.15) is 0 Å². The molecular weight excluding hydrogens is 466 g/mol. The van der Waals surface area contributed by atoms with Crippen molar-refractivity contribution in [2.45, 2.75) is 20.5 Å². The smallest absolute Gasteiger partial charge is 1.00 e. The number of para-hydroxylation sites is 4. The number of hydrogen-bond acceptors (Lipinski definition) is 2. The monoisotopic (exact) mass is 486 g/mol. The van der Waals surface area contributed by atoms with Gasteiger partial charge in [0.25, 0.3) is 0 Å². The standard InChI is InChI=1S/2C10H9N2.CH4.3ClH.V/c2*1-2-7-12-8-11-9-5-3-4-6-10(9)12;;;;;/h2*2-6H,1,7H2;1H4;3*1H;/q;;;;;;+3/p-3. The molecule has 0 spiro atoms. The van der Waals surface area contributed by atoms with Crippen LogP contribution in [0.15, 0.2) is 73.8 Å². The summed E-state index contributed by atoms with van der Waals surface area (Å²) in [6.45, 7) is 9.31. The first-order chi connectivity index (χ1) is 12.3. The zero-order chi connectivity index (χ0) is 17.2. The summed E-state index contributed by atoms with van der Waals surface area (Å²) in [4.78, 5) is 9.75. The quantitative estimate of drug-likeness (QED) is 0.255. The zero-order valence-corrected chi connectivity index (χ0v) is 18.6. The van der Waals surface area contributed by atoms with Crippen LogP contribution in [0.4, 0.5) is 0 Å². The van der Waals surface area contributed by atoms with E-state index in [4.69, 9.17) is 9.97 Å². The van der Waals surface area contributed by atoms with Gasteiger partial charge in [0.2, 0.25) is 0 Å². The Morgan fingerprint density at radius 3 is 1.48 bits per heavy atom. The van der Waals surface area contributed by atoms with Crippen LogP contribution in [-0.4, -0.2) is 19.1 Å².